The van der Waals surface area contributed by atoms with Crippen molar-refractivity contribution >= 4 is 0 Å². The lowest BCUT2D eigenvalue weighted by atomic mass is 10.2. The number of epoxide rings is 1. The number of rotatable bonds is 3. The third-order valence-electron chi connectivity index (χ3n) is 2.24. The molecule has 4 atom stereocenters. The standard InChI is InChI=1S/C8H14O3/c1-3-5-6-7(11-6)8(10-5)9-4-2/h5-8H,3-4H2,1-2H3/t5-,6-,7-,8?/m1/s1. The molecule has 2 heterocycles. The predicted octanol–water partition coefficient (Wildman–Crippen LogP) is 0.925. The molecule has 2 saturated heterocycles. The third-order valence-corrected chi connectivity index (χ3v) is 2.24. The van der Waals surface area contributed by atoms with E-state index in [-0.39, 0.29) is 18.5 Å². The highest BCUT2D eigenvalue weighted by molar-refractivity contribution is 4.99. The number of fused-ring (bicyclic) bond motifs is 1. The summed E-state index contributed by atoms with van der Waals surface area (Å²) in [6.45, 7) is 4.78. The van der Waals surface area contributed by atoms with E-state index in [0.717, 1.165) is 6.42 Å². The smallest absolute Gasteiger partial charge is 0.186 e. The molecule has 2 fully saturated rings. The molecule has 2 aliphatic rings. The maximum absolute atomic E-state index is 5.57. The van der Waals surface area contributed by atoms with Crippen molar-refractivity contribution in [1.29, 1.82) is 0 Å². The first-order chi connectivity index (χ1) is 5.36. The Kier molecular flexibility index (Phi) is 1.87. The molecule has 0 aliphatic carbocycles. The zero-order chi connectivity index (χ0) is 7.84. The van der Waals surface area contributed by atoms with Crippen LogP contribution in [0.3, 0.4) is 0 Å². The second kappa shape index (κ2) is 2.73. The van der Waals surface area contributed by atoms with Crippen LogP contribution in [0, 0.1) is 0 Å². The summed E-state index contributed by atoms with van der Waals surface area (Å²) in [5.74, 6) is 0. The van der Waals surface area contributed by atoms with Gasteiger partial charge in [-0.15, -0.1) is 0 Å². The van der Waals surface area contributed by atoms with Crippen molar-refractivity contribution in [3.8, 4) is 0 Å². The Balaban J connectivity index is 1.87. The molecule has 0 saturated carbocycles. The molecule has 0 bridgehead atoms. The SMILES string of the molecule is CCOC1O[C@H](CC)[C@H]2O[C@@H]12. The zero-order valence-electron chi connectivity index (χ0n) is 6.95. The minimum atomic E-state index is -0.0880. The van der Waals surface area contributed by atoms with E-state index in [1.54, 1.807) is 0 Å². The molecule has 1 unspecified atom stereocenters. The lowest BCUT2D eigenvalue weighted by Crippen LogP contribution is -2.22. The van der Waals surface area contributed by atoms with Gasteiger partial charge in [0.05, 0.1) is 6.10 Å². The van der Waals surface area contributed by atoms with Crippen molar-refractivity contribution in [3.63, 3.8) is 0 Å². The van der Waals surface area contributed by atoms with Gasteiger partial charge in [-0.05, 0) is 13.3 Å². The first-order valence-corrected chi connectivity index (χ1v) is 4.29. The van der Waals surface area contributed by atoms with E-state index in [9.17, 15) is 0 Å². The van der Waals surface area contributed by atoms with Gasteiger partial charge in [-0.2, -0.15) is 0 Å². The minimum Gasteiger partial charge on any atom is -0.361 e. The summed E-state index contributed by atoms with van der Waals surface area (Å²) in [5, 5.41) is 0. The topological polar surface area (TPSA) is 31.0 Å². The second-order valence-corrected chi connectivity index (χ2v) is 2.97. The summed E-state index contributed by atoms with van der Waals surface area (Å²) >= 11 is 0. The molecule has 2 rings (SSSR count). The molecule has 0 radical (unpaired) electrons. The van der Waals surface area contributed by atoms with Crippen molar-refractivity contribution in [2.75, 3.05) is 6.61 Å². The van der Waals surface area contributed by atoms with E-state index in [0.29, 0.717) is 12.7 Å². The molecular formula is C8H14O3. The van der Waals surface area contributed by atoms with Crippen molar-refractivity contribution < 1.29 is 14.2 Å². The first-order valence-electron chi connectivity index (χ1n) is 4.29. The fourth-order valence-electron chi connectivity index (χ4n) is 1.61. The normalized spacial score (nSPS) is 47.5. The van der Waals surface area contributed by atoms with Gasteiger partial charge in [0.2, 0.25) is 0 Å². The summed E-state index contributed by atoms with van der Waals surface area (Å²) in [7, 11) is 0. The summed E-state index contributed by atoms with van der Waals surface area (Å²) < 4.78 is 16.3. The van der Waals surface area contributed by atoms with Crippen molar-refractivity contribution in [2.24, 2.45) is 0 Å². The Labute approximate surface area is 66.6 Å². The maximum atomic E-state index is 5.57. The number of hydrogen-bond acceptors (Lipinski definition) is 3. The minimum absolute atomic E-state index is 0.0880. The highest BCUT2D eigenvalue weighted by Crippen LogP contribution is 2.40. The van der Waals surface area contributed by atoms with Gasteiger partial charge in [0.25, 0.3) is 0 Å². The van der Waals surface area contributed by atoms with E-state index < -0.39 is 0 Å². The molecule has 3 heteroatoms. The summed E-state index contributed by atoms with van der Waals surface area (Å²) in [5.41, 5.74) is 0. The van der Waals surface area contributed by atoms with E-state index in [2.05, 4.69) is 6.92 Å². The average molecular weight is 158 g/mol. The highest BCUT2D eigenvalue weighted by atomic mass is 16.8. The van der Waals surface area contributed by atoms with Gasteiger partial charge in [-0.3, -0.25) is 0 Å². The van der Waals surface area contributed by atoms with E-state index in [4.69, 9.17) is 14.2 Å². The number of ether oxygens (including phenoxy) is 3. The van der Waals surface area contributed by atoms with Crippen LogP contribution < -0.4 is 0 Å². The molecule has 0 N–H and O–H groups in total. The Morgan fingerprint density at radius 1 is 1.18 bits per heavy atom. The van der Waals surface area contributed by atoms with Gasteiger partial charge in [0, 0.05) is 6.61 Å². The van der Waals surface area contributed by atoms with Gasteiger partial charge < -0.3 is 14.2 Å². The van der Waals surface area contributed by atoms with Gasteiger partial charge in [-0.1, -0.05) is 6.92 Å². The Morgan fingerprint density at radius 3 is 2.55 bits per heavy atom. The molecule has 11 heavy (non-hydrogen) atoms. The molecule has 0 aromatic heterocycles. The summed E-state index contributed by atoms with van der Waals surface area (Å²) in [6.07, 6.45) is 1.77. The zero-order valence-corrected chi connectivity index (χ0v) is 6.95. The van der Waals surface area contributed by atoms with Crippen LogP contribution in [0.5, 0.6) is 0 Å². The van der Waals surface area contributed by atoms with Gasteiger partial charge in [-0.25, -0.2) is 0 Å². The van der Waals surface area contributed by atoms with Crippen LogP contribution in [0.2, 0.25) is 0 Å². The largest absolute Gasteiger partial charge is 0.361 e. The molecule has 2 aliphatic heterocycles. The van der Waals surface area contributed by atoms with E-state index in [1.165, 1.54) is 0 Å². The molecule has 64 valence electrons. The first kappa shape index (κ1) is 7.53. The molecule has 0 aromatic carbocycles. The maximum Gasteiger partial charge on any atom is 0.186 e. The fourth-order valence-corrected chi connectivity index (χ4v) is 1.61. The van der Waals surface area contributed by atoms with Gasteiger partial charge >= 0.3 is 0 Å². The van der Waals surface area contributed by atoms with Gasteiger partial charge in [0.1, 0.15) is 12.2 Å². The second-order valence-electron chi connectivity index (χ2n) is 2.97. The van der Waals surface area contributed by atoms with Crippen LogP contribution in [0.25, 0.3) is 0 Å². The van der Waals surface area contributed by atoms with E-state index >= 15 is 0 Å². The predicted molar refractivity (Wildman–Crippen MR) is 39.2 cm³/mol. The van der Waals surface area contributed by atoms with Crippen LogP contribution >= 0.6 is 0 Å². The van der Waals surface area contributed by atoms with Crippen molar-refractivity contribution in [1.82, 2.24) is 0 Å². The quantitative estimate of drug-likeness (QED) is 0.572. The van der Waals surface area contributed by atoms with Gasteiger partial charge in [0.15, 0.2) is 6.29 Å². The Morgan fingerprint density at radius 2 is 2.00 bits per heavy atom. The van der Waals surface area contributed by atoms with Crippen LogP contribution in [0.1, 0.15) is 20.3 Å². The molecule has 0 aromatic rings. The van der Waals surface area contributed by atoms with E-state index in [1.807, 2.05) is 6.92 Å². The average Bonchev–Trinajstić information content (AvgIpc) is 2.72. The fraction of sp³-hybridized carbons (Fsp3) is 1.00. The third kappa shape index (κ3) is 1.17. The molecule has 0 spiro atoms. The van der Waals surface area contributed by atoms with Crippen LogP contribution in [-0.2, 0) is 14.2 Å². The van der Waals surface area contributed by atoms with Crippen LogP contribution in [-0.4, -0.2) is 31.2 Å². The number of hydrogen-bond donors (Lipinski definition) is 0. The Hall–Kier alpha value is -0.120. The molecule has 3 nitrogen and oxygen atoms in total. The summed E-state index contributed by atoms with van der Waals surface area (Å²) in [6, 6.07) is 0. The van der Waals surface area contributed by atoms with Crippen molar-refractivity contribution in [3.05, 3.63) is 0 Å². The molecular weight excluding hydrogens is 144 g/mol. The lowest BCUT2D eigenvalue weighted by Gasteiger charge is -2.15. The van der Waals surface area contributed by atoms with Crippen LogP contribution in [0.15, 0.2) is 0 Å². The Bertz CT molecular complexity index is 148. The molecule has 0 amide bonds. The highest BCUT2D eigenvalue weighted by Gasteiger charge is 2.57. The van der Waals surface area contributed by atoms with Crippen LogP contribution in [0.4, 0.5) is 0 Å². The lowest BCUT2D eigenvalue weighted by molar-refractivity contribution is -0.171. The monoisotopic (exact) mass is 158 g/mol. The van der Waals surface area contributed by atoms with Crippen molar-refractivity contribution in [2.45, 2.75) is 44.9 Å². The summed E-state index contributed by atoms with van der Waals surface area (Å²) in [4.78, 5) is 0.